The van der Waals surface area contributed by atoms with E-state index in [-0.39, 0.29) is 0 Å². The summed E-state index contributed by atoms with van der Waals surface area (Å²) in [6.45, 7) is 0. The van der Waals surface area contributed by atoms with Gasteiger partial charge in [-0.1, -0.05) is 60.7 Å². The second kappa shape index (κ2) is 4.38. The Morgan fingerprint density at radius 3 is 1.83 bits per heavy atom. The van der Waals surface area contributed by atoms with Gasteiger partial charge in [0.2, 0.25) is 0 Å². The average molecular weight is 320 g/mol. The van der Waals surface area contributed by atoms with Crippen LogP contribution in [-0.4, -0.2) is 0 Å². The highest BCUT2D eigenvalue weighted by atomic mass is 19.4. The van der Waals surface area contributed by atoms with Crippen molar-refractivity contribution in [2.45, 2.75) is 6.18 Å². The summed E-state index contributed by atoms with van der Waals surface area (Å²) in [5, 5.41) is 6.25. The molecule has 0 aliphatic heterocycles. The normalized spacial score (nSPS) is 12.8. The summed E-state index contributed by atoms with van der Waals surface area (Å²) in [7, 11) is 0. The predicted molar refractivity (Wildman–Crippen MR) is 92.7 cm³/mol. The number of alkyl halides is 3. The summed E-state index contributed by atoms with van der Waals surface area (Å²) in [6.07, 6.45) is -4.38. The average Bonchev–Trinajstić information content (AvgIpc) is 2.59. The van der Waals surface area contributed by atoms with Crippen molar-refractivity contribution in [3.8, 4) is 0 Å². The lowest BCUT2D eigenvalue weighted by Gasteiger charge is -2.18. The summed E-state index contributed by atoms with van der Waals surface area (Å²) >= 11 is 0. The lowest BCUT2D eigenvalue weighted by atomic mass is 9.87. The van der Waals surface area contributed by atoms with E-state index in [9.17, 15) is 13.2 Å². The second-order valence-corrected chi connectivity index (χ2v) is 6.10. The molecule has 24 heavy (non-hydrogen) atoms. The van der Waals surface area contributed by atoms with Gasteiger partial charge >= 0.3 is 6.18 Å². The molecule has 0 nitrogen and oxygen atoms in total. The van der Waals surface area contributed by atoms with E-state index in [0.717, 1.165) is 26.9 Å². The molecular weight excluding hydrogens is 309 g/mol. The summed E-state index contributed by atoms with van der Waals surface area (Å²) in [4.78, 5) is 0. The van der Waals surface area contributed by atoms with Crippen molar-refractivity contribution in [2.75, 3.05) is 0 Å². The third kappa shape index (κ3) is 1.64. The molecule has 0 fully saturated rings. The SMILES string of the molecule is FC(F)(F)c1ccc2ccc3cccc4c5ccccc5c1c2c34. The Labute approximate surface area is 135 Å². The minimum Gasteiger partial charge on any atom is -0.166 e. The molecule has 116 valence electrons. The Morgan fingerprint density at radius 1 is 0.500 bits per heavy atom. The largest absolute Gasteiger partial charge is 0.417 e. The highest BCUT2D eigenvalue weighted by molar-refractivity contribution is 6.34. The Kier molecular flexibility index (Phi) is 2.49. The van der Waals surface area contributed by atoms with E-state index in [1.54, 1.807) is 18.2 Å². The number of fused-ring (bicyclic) bond motifs is 3. The van der Waals surface area contributed by atoms with Gasteiger partial charge in [0.1, 0.15) is 0 Å². The Bertz CT molecular complexity index is 1230. The first-order valence-electron chi connectivity index (χ1n) is 7.71. The molecule has 0 atom stereocenters. The van der Waals surface area contributed by atoms with Crippen molar-refractivity contribution < 1.29 is 13.2 Å². The quantitative estimate of drug-likeness (QED) is 0.218. The van der Waals surface area contributed by atoms with Crippen LogP contribution in [0.4, 0.5) is 13.2 Å². The zero-order valence-electron chi connectivity index (χ0n) is 12.5. The second-order valence-electron chi connectivity index (χ2n) is 6.10. The number of benzene rings is 5. The van der Waals surface area contributed by atoms with Crippen molar-refractivity contribution in [3.63, 3.8) is 0 Å². The van der Waals surface area contributed by atoms with Crippen LogP contribution >= 0.6 is 0 Å². The van der Waals surface area contributed by atoms with Gasteiger partial charge in [-0.15, -0.1) is 0 Å². The van der Waals surface area contributed by atoms with Gasteiger partial charge in [-0.2, -0.15) is 13.2 Å². The van der Waals surface area contributed by atoms with Gasteiger partial charge in [-0.25, -0.2) is 0 Å². The van der Waals surface area contributed by atoms with E-state index < -0.39 is 11.7 Å². The van der Waals surface area contributed by atoms with Gasteiger partial charge in [-0.3, -0.25) is 0 Å². The molecule has 5 rings (SSSR count). The first-order valence-corrected chi connectivity index (χ1v) is 7.71. The van der Waals surface area contributed by atoms with Gasteiger partial charge in [0.05, 0.1) is 5.56 Å². The molecule has 0 spiro atoms. The summed E-state index contributed by atoms with van der Waals surface area (Å²) in [5.41, 5.74) is -0.565. The Hall–Kier alpha value is -2.81. The maximum absolute atomic E-state index is 13.7. The fourth-order valence-corrected chi connectivity index (χ4v) is 3.87. The third-order valence-electron chi connectivity index (χ3n) is 4.82. The standard InChI is InChI=1S/C21H11F3/c22-21(23,24)17-11-10-13-9-8-12-4-3-7-15-14-5-1-2-6-16(14)20(17)19(13)18(12)15/h1-11H. The zero-order chi connectivity index (χ0) is 16.5. The lowest BCUT2D eigenvalue weighted by Crippen LogP contribution is -2.06. The van der Waals surface area contributed by atoms with Crippen molar-refractivity contribution in [1.82, 2.24) is 0 Å². The summed E-state index contributed by atoms with van der Waals surface area (Å²) in [6, 6.07) is 19.9. The van der Waals surface area contributed by atoms with E-state index >= 15 is 0 Å². The molecule has 5 aromatic carbocycles. The minimum absolute atomic E-state index is 0.305. The predicted octanol–water partition coefficient (Wildman–Crippen LogP) is 6.76. The van der Waals surface area contributed by atoms with Gasteiger partial charge in [0.25, 0.3) is 0 Å². The lowest BCUT2D eigenvalue weighted by molar-refractivity contribution is -0.136. The summed E-state index contributed by atoms with van der Waals surface area (Å²) in [5.74, 6) is 0. The molecule has 0 saturated carbocycles. The van der Waals surface area contributed by atoms with Gasteiger partial charge < -0.3 is 0 Å². The molecule has 0 saturated heterocycles. The van der Waals surface area contributed by atoms with Crippen LogP contribution in [0.5, 0.6) is 0 Å². The molecule has 0 amide bonds. The van der Waals surface area contributed by atoms with E-state index in [4.69, 9.17) is 0 Å². The number of halogens is 3. The van der Waals surface area contributed by atoms with Crippen LogP contribution in [-0.2, 0) is 6.18 Å². The molecule has 5 aromatic rings. The van der Waals surface area contributed by atoms with Crippen LogP contribution in [0.25, 0.3) is 43.1 Å². The molecule has 0 unspecified atom stereocenters. The first-order chi connectivity index (χ1) is 11.6. The monoisotopic (exact) mass is 320 g/mol. The first kappa shape index (κ1) is 13.6. The molecule has 0 aliphatic rings. The van der Waals surface area contributed by atoms with E-state index in [1.165, 1.54) is 6.07 Å². The van der Waals surface area contributed by atoms with Crippen molar-refractivity contribution in [3.05, 3.63) is 72.3 Å². The van der Waals surface area contributed by atoms with Crippen LogP contribution in [0, 0.1) is 0 Å². The van der Waals surface area contributed by atoms with Gasteiger partial charge in [0, 0.05) is 5.39 Å². The van der Waals surface area contributed by atoms with E-state index in [1.807, 2.05) is 42.5 Å². The smallest absolute Gasteiger partial charge is 0.166 e. The maximum atomic E-state index is 13.7. The van der Waals surface area contributed by atoms with Crippen LogP contribution < -0.4 is 0 Å². The van der Waals surface area contributed by atoms with E-state index in [2.05, 4.69) is 0 Å². The van der Waals surface area contributed by atoms with E-state index in [0.29, 0.717) is 16.2 Å². The Morgan fingerprint density at radius 2 is 1.08 bits per heavy atom. The van der Waals surface area contributed by atoms with Gasteiger partial charge in [-0.05, 0) is 43.8 Å². The molecule has 0 bridgehead atoms. The summed E-state index contributed by atoms with van der Waals surface area (Å²) < 4.78 is 41.0. The Balaban J connectivity index is 2.24. The number of rotatable bonds is 0. The highest BCUT2D eigenvalue weighted by Gasteiger charge is 2.34. The molecule has 0 radical (unpaired) electrons. The van der Waals surface area contributed by atoms with Crippen molar-refractivity contribution >= 4 is 43.1 Å². The number of hydrogen-bond donors (Lipinski definition) is 0. The molecule has 3 heteroatoms. The molecular formula is C21H11F3. The van der Waals surface area contributed by atoms with Gasteiger partial charge in [0.15, 0.2) is 0 Å². The van der Waals surface area contributed by atoms with Crippen molar-refractivity contribution in [1.29, 1.82) is 0 Å². The zero-order valence-corrected chi connectivity index (χ0v) is 12.5. The number of hydrogen-bond acceptors (Lipinski definition) is 0. The highest BCUT2D eigenvalue weighted by Crippen LogP contribution is 2.45. The molecule has 0 aromatic heterocycles. The van der Waals surface area contributed by atoms with Crippen LogP contribution in [0.3, 0.4) is 0 Å². The van der Waals surface area contributed by atoms with Crippen LogP contribution in [0.15, 0.2) is 66.7 Å². The maximum Gasteiger partial charge on any atom is 0.417 e. The fourth-order valence-electron chi connectivity index (χ4n) is 3.87. The third-order valence-corrected chi connectivity index (χ3v) is 4.82. The molecule has 0 aliphatic carbocycles. The van der Waals surface area contributed by atoms with Crippen LogP contribution in [0.1, 0.15) is 5.56 Å². The molecule has 0 heterocycles. The van der Waals surface area contributed by atoms with Crippen LogP contribution in [0.2, 0.25) is 0 Å². The minimum atomic E-state index is -4.38. The topological polar surface area (TPSA) is 0 Å². The molecule has 0 N–H and O–H groups in total. The van der Waals surface area contributed by atoms with Crippen molar-refractivity contribution in [2.24, 2.45) is 0 Å². The fraction of sp³-hybridized carbons (Fsp3) is 0.0476.